The van der Waals surface area contributed by atoms with Crippen molar-refractivity contribution in [3.8, 4) is 5.75 Å². The van der Waals surface area contributed by atoms with E-state index < -0.39 is 16.2 Å². The predicted molar refractivity (Wildman–Crippen MR) is 54.5 cm³/mol. The van der Waals surface area contributed by atoms with Crippen molar-refractivity contribution in [3.05, 3.63) is 17.9 Å². The second-order valence-electron chi connectivity index (χ2n) is 2.94. The minimum absolute atomic E-state index is 0.0336. The van der Waals surface area contributed by atoms with Gasteiger partial charge in [-0.3, -0.25) is 4.79 Å². The van der Waals surface area contributed by atoms with Crippen LogP contribution < -0.4 is 15.8 Å². The zero-order valence-corrected chi connectivity index (χ0v) is 8.69. The Labute approximate surface area is 94.1 Å². The molecular weight excluding hydrogens is 246 g/mol. The molecule has 15 heavy (non-hydrogen) atoms. The number of carbonyl (C=O) groups is 1. The lowest BCUT2D eigenvalue weighted by atomic mass is 10.2. The quantitative estimate of drug-likeness (QED) is 0.546. The van der Waals surface area contributed by atoms with Crippen LogP contribution in [0.2, 0.25) is 0 Å². The monoisotopic (exact) mass is 250 g/mol. The van der Waals surface area contributed by atoms with E-state index in [0.717, 1.165) is 6.07 Å². The summed E-state index contributed by atoms with van der Waals surface area (Å²) in [5, 5.41) is 2.34. The van der Waals surface area contributed by atoms with E-state index in [9.17, 15) is 9.18 Å². The summed E-state index contributed by atoms with van der Waals surface area (Å²) in [6, 6.07) is 2.23. The van der Waals surface area contributed by atoms with Crippen LogP contribution in [0.1, 0.15) is 0 Å². The lowest BCUT2D eigenvalue weighted by Gasteiger charge is -2.27. The highest BCUT2D eigenvalue weighted by Gasteiger charge is 2.41. The lowest BCUT2D eigenvalue weighted by molar-refractivity contribution is -0.122. The summed E-state index contributed by atoms with van der Waals surface area (Å²) in [5.74, 6) is -1.38. The molecule has 1 heterocycles. The number of anilines is 2. The SMILES string of the molecule is Nc1cc2c(cc1F)OC(Cl)(Cl)C(=O)N2. The number of fused-ring (bicyclic) bond motifs is 1. The number of benzene rings is 1. The van der Waals surface area contributed by atoms with Crippen molar-refractivity contribution >= 4 is 40.5 Å². The van der Waals surface area contributed by atoms with Crippen molar-refractivity contribution in [1.82, 2.24) is 0 Å². The van der Waals surface area contributed by atoms with Crippen molar-refractivity contribution in [2.45, 2.75) is 4.52 Å². The van der Waals surface area contributed by atoms with E-state index in [1.54, 1.807) is 0 Å². The van der Waals surface area contributed by atoms with E-state index in [4.69, 9.17) is 33.7 Å². The molecule has 0 saturated carbocycles. The van der Waals surface area contributed by atoms with E-state index >= 15 is 0 Å². The number of hydrogen-bond acceptors (Lipinski definition) is 3. The second-order valence-corrected chi connectivity index (χ2v) is 4.20. The standard InChI is InChI=1S/C8H5Cl2FN2O2/c9-8(10)7(14)13-5-2-4(12)3(11)1-6(5)15-8/h1-2H,12H2,(H,13,14). The number of ether oxygens (including phenoxy) is 1. The predicted octanol–water partition coefficient (Wildman–Crippen LogP) is 1.87. The maximum absolute atomic E-state index is 13.1. The maximum atomic E-state index is 13.1. The second kappa shape index (κ2) is 3.15. The first-order valence-corrected chi connectivity index (χ1v) is 4.63. The number of alkyl halides is 2. The average Bonchev–Trinajstić information content (AvgIpc) is 2.11. The fraction of sp³-hybridized carbons (Fsp3) is 0.125. The number of nitrogen functional groups attached to an aromatic ring is 1. The molecule has 2 rings (SSSR count). The molecule has 4 nitrogen and oxygen atoms in total. The third kappa shape index (κ3) is 1.68. The van der Waals surface area contributed by atoms with Crippen LogP contribution in [-0.4, -0.2) is 10.4 Å². The van der Waals surface area contributed by atoms with Gasteiger partial charge >= 0.3 is 10.4 Å². The highest BCUT2D eigenvalue weighted by molar-refractivity contribution is 6.58. The number of rotatable bonds is 0. The van der Waals surface area contributed by atoms with Crippen molar-refractivity contribution in [2.24, 2.45) is 0 Å². The summed E-state index contributed by atoms with van der Waals surface area (Å²) < 4.78 is 15.9. The smallest absolute Gasteiger partial charge is 0.339 e. The van der Waals surface area contributed by atoms with Crippen LogP contribution in [0.3, 0.4) is 0 Å². The molecule has 0 unspecified atom stereocenters. The molecule has 7 heteroatoms. The van der Waals surface area contributed by atoms with Crippen molar-refractivity contribution in [1.29, 1.82) is 0 Å². The van der Waals surface area contributed by atoms with Gasteiger partial charge in [0, 0.05) is 6.07 Å². The maximum Gasteiger partial charge on any atom is 0.339 e. The zero-order chi connectivity index (χ0) is 11.2. The molecule has 1 aliphatic heterocycles. The Morgan fingerprint density at radius 3 is 2.80 bits per heavy atom. The third-order valence-electron chi connectivity index (χ3n) is 1.85. The molecule has 1 aromatic rings. The first-order chi connectivity index (χ1) is 6.90. The highest BCUT2D eigenvalue weighted by Crippen LogP contribution is 2.39. The summed E-state index contributed by atoms with van der Waals surface area (Å²) in [5.41, 5.74) is 5.44. The van der Waals surface area contributed by atoms with Gasteiger partial charge in [-0.25, -0.2) is 4.39 Å². The van der Waals surface area contributed by atoms with Crippen LogP contribution in [0, 0.1) is 5.82 Å². The van der Waals surface area contributed by atoms with E-state index in [-0.39, 0.29) is 17.1 Å². The minimum atomic E-state index is -2.05. The van der Waals surface area contributed by atoms with Gasteiger partial charge in [0.1, 0.15) is 5.82 Å². The van der Waals surface area contributed by atoms with E-state index in [2.05, 4.69) is 5.32 Å². The van der Waals surface area contributed by atoms with E-state index in [1.165, 1.54) is 6.07 Å². The topological polar surface area (TPSA) is 64.3 Å². The van der Waals surface area contributed by atoms with Gasteiger partial charge in [-0.2, -0.15) is 0 Å². The minimum Gasteiger partial charge on any atom is -0.448 e. The normalized spacial score (nSPS) is 17.7. The van der Waals surface area contributed by atoms with Crippen LogP contribution >= 0.6 is 23.2 Å². The van der Waals surface area contributed by atoms with Crippen LogP contribution in [0.4, 0.5) is 15.8 Å². The van der Waals surface area contributed by atoms with Gasteiger partial charge in [0.05, 0.1) is 11.4 Å². The average molecular weight is 251 g/mol. The summed E-state index contributed by atoms with van der Waals surface area (Å²) in [6.45, 7) is 0. The molecule has 0 aromatic heterocycles. The summed E-state index contributed by atoms with van der Waals surface area (Å²) in [4.78, 5) is 11.2. The molecule has 0 spiro atoms. The molecule has 0 saturated heterocycles. The van der Waals surface area contributed by atoms with Crippen LogP contribution in [0.5, 0.6) is 5.75 Å². The fourth-order valence-corrected chi connectivity index (χ4v) is 1.39. The Bertz CT molecular complexity index is 451. The van der Waals surface area contributed by atoms with Gasteiger partial charge in [0.25, 0.3) is 0 Å². The number of hydrogen-bond donors (Lipinski definition) is 2. The fourth-order valence-electron chi connectivity index (χ4n) is 1.13. The van der Waals surface area contributed by atoms with Crippen LogP contribution in [0.25, 0.3) is 0 Å². The molecular formula is C8H5Cl2FN2O2. The largest absolute Gasteiger partial charge is 0.448 e. The molecule has 3 N–H and O–H groups in total. The number of halogens is 3. The van der Waals surface area contributed by atoms with Crippen LogP contribution in [0.15, 0.2) is 12.1 Å². The highest BCUT2D eigenvalue weighted by atomic mass is 35.5. The molecule has 0 radical (unpaired) electrons. The summed E-state index contributed by atoms with van der Waals surface area (Å²) in [7, 11) is 0. The van der Waals surface area contributed by atoms with Gasteiger partial charge in [-0.1, -0.05) is 0 Å². The molecule has 80 valence electrons. The molecule has 0 atom stereocenters. The lowest BCUT2D eigenvalue weighted by Crippen LogP contribution is -2.41. The first kappa shape index (κ1) is 10.3. The van der Waals surface area contributed by atoms with Gasteiger partial charge in [0.15, 0.2) is 5.75 Å². The molecule has 0 bridgehead atoms. The molecule has 0 fully saturated rings. The zero-order valence-electron chi connectivity index (χ0n) is 7.18. The number of nitrogens with two attached hydrogens (primary N) is 1. The van der Waals surface area contributed by atoms with E-state index in [1.807, 2.05) is 0 Å². The number of amides is 1. The van der Waals surface area contributed by atoms with Crippen LogP contribution in [-0.2, 0) is 4.79 Å². The Hall–Kier alpha value is -1.20. The summed E-state index contributed by atoms with van der Waals surface area (Å²) in [6.07, 6.45) is 0. The van der Waals surface area contributed by atoms with Gasteiger partial charge in [-0.05, 0) is 29.3 Å². The van der Waals surface area contributed by atoms with Crippen molar-refractivity contribution in [2.75, 3.05) is 11.1 Å². The molecule has 1 aliphatic rings. The third-order valence-corrected chi connectivity index (χ3v) is 2.35. The molecule has 0 aliphatic carbocycles. The molecule has 1 aromatic carbocycles. The van der Waals surface area contributed by atoms with Gasteiger partial charge in [-0.15, -0.1) is 0 Å². The Kier molecular flexibility index (Phi) is 2.17. The summed E-state index contributed by atoms with van der Waals surface area (Å²) >= 11 is 11.0. The Morgan fingerprint density at radius 2 is 2.13 bits per heavy atom. The van der Waals surface area contributed by atoms with Gasteiger partial charge < -0.3 is 15.8 Å². The Balaban J connectivity index is 2.51. The van der Waals surface area contributed by atoms with Gasteiger partial charge in [0.2, 0.25) is 0 Å². The Morgan fingerprint density at radius 1 is 1.47 bits per heavy atom. The van der Waals surface area contributed by atoms with Crippen molar-refractivity contribution < 1.29 is 13.9 Å². The van der Waals surface area contributed by atoms with Crippen molar-refractivity contribution in [3.63, 3.8) is 0 Å². The number of nitrogens with one attached hydrogen (secondary N) is 1. The number of carbonyl (C=O) groups excluding carboxylic acids is 1. The first-order valence-electron chi connectivity index (χ1n) is 3.87. The van der Waals surface area contributed by atoms with E-state index in [0.29, 0.717) is 0 Å². The molecule has 1 amide bonds.